The van der Waals surface area contributed by atoms with E-state index >= 15 is 0 Å². The van der Waals surface area contributed by atoms with Gasteiger partial charge < -0.3 is 14.6 Å². The number of furan rings is 1. The summed E-state index contributed by atoms with van der Waals surface area (Å²) in [5.41, 5.74) is 1.54. The average molecular weight is 314 g/mol. The molecule has 1 amide bonds. The molecule has 1 fully saturated rings. The molecule has 1 aromatic heterocycles. The number of likely N-dealkylation sites (tertiary alicyclic amines) is 1. The van der Waals surface area contributed by atoms with Crippen LogP contribution in [0.2, 0.25) is 0 Å². The number of benzene rings is 1. The average Bonchev–Trinajstić information content (AvgIpc) is 2.91. The van der Waals surface area contributed by atoms with Gasteiger partial charge in [-0.2, -0.15) is 0 Å². The number of aryl methyl sites for hydroxylation is 1. The van der Waals surface area contributed by atoms with Crippen molar-refractivity contribution >= 4 is 16.9 Å². The fraction of sp³-hybridized carbons (Fsp3) is 0.526. The highest BCUT2D eigenvalue weighted by atomic mass is 16.3. The van der Waals surface area contributed by atoms with E-state index in [1.807, 2.05) is 31.2 Å². The summed E-state index contributed by atoms with van der Waals surface area (Å²) in [4.78, 5) is 14.9. The Morgan fingerprint density at radius 1 is 1.39 bits per heavy atom. The van der Waals surface area contributed by atoms with Gasteiger partial charge in [-0.05, 0) is 70.3 Å². The largest absolute Gasteiger partial charge is 0.461 e. The lowest BCUT2D eigenvalue weighted by Crippen LogP contribution is -2.43. The number of nitrogens with one attached hydrogen (secondary N) is 1. The van der Waals surface area contributed by atoms with Crippen LogP contribution in [0.25, 0.3) is 11.0 Å². The Kier molecular flexibility index (Phi) is 4.71. The molecule has 0 radical (unpaired) electrons. The second kappa shape index (κ2) is 6.75. The van der Waals surface area contributed by atoms with E-state index in [-0.39, 0.29) is 5.91 Å². The lowest BCUT2D eigenvalue weighted by atomic mass is 9.97. The summed E-state index contributed by atoms with van der Waals surface area (Å²) >= 11 is 0. The van der Waals surface area contributed by atoms with Gasteiger partial charge in [0, 0.05) is 30.1 Å². The molecule has 0 unspecified atom stereocenters. The number of fused-ring (bicyclic) bond motifs is 1. The van der Waals surface area contributed by atoms with Gasteiger partial charge in [-0.1, -0.05) is 0 Å². The Hall–Kier alpha value is -1.81. The highest BCUT2D eigenvalue weighted by Crippen LogP contribution is 2.21. The van der Waals surface area contributed by atoms with Gasteiger partial charge in [0.05, 0.1) is 0 Å². The first kappa shape index (κ1) is 16.1. The number of hydrogen-bond donors (Lipinski definition) is 1. The zero-order valence-corrected chi connectivity index (χ0v) is 14.3. The molecule has 4 nitrogen and oxygen atoms in total. The molecule has 3 rings (SSSR count). The number of carbonyl (C=O) groups is 1. The van der Waals surface area contributed by atoms with Gasteiger partial charge in [-0.15, -0.1) is 0 Å². The summed E-state index contributed by atoms with van der Waals surface area (Å²) in [5.74, 6) is 1.43. The predicted octanol–water partition coefficient (Wildman–Crippen LogP) is 3.59. The molecule has 124 valence electrons. The predicted molar refractivity (Wildman–Crippen MR) is 92.7 cm³/mol. The van der Waals surface area contributed by atoms with E-state index in [0.29, 0.717) is 17.5 Å². The smallest absolute Gasteiger partial charge is 0.251 e. The van der Waals surface area contributed by atoms with Gasteiger partial charge in [0.25, 0.3) is 5.91 Å². The van der Waals surface area contributed by atoms with Crippen LogP contribution >= 0.6 is 0 Å². The van der Waals surface area contributed by atoms with Crippen molar-refractivity contribution in [1.82, 2.24) is 10.2 Å². The van der Waals surface area contributed by atoms with E-state index < -0.39 is 0 Å². The number of piperidine rings is 1. The Morgan fingerprint density at radius 3 is 3.00 bits per heavy atom. The van der Waals surface area contributed by atoms with Crippen LogP contribution in [0.1, 0.15) is 42.8 Å². The molecule has 2 aromatic rings. The lowest BCUT2D eigenvalue weighted by molar-refractivity contribution is 0.0923. The highest BCUT2D eigenvalue weighted by molar-refractivity contribution is 5.97. The van der Waals surface area contributed by atoms with Gasteiger partial charge in [0.15, 0.2) is 0 Å². The van der Waals surface area contributed by atoms with E-state index in [1.165, 1.54) is 19.4 Å². The summed E-state index contributed by atoms with van der Waals surface area (Å²) in [6.07, 6.45) is 2.42. The molecule has 0 bridgehead atoms. The van der Waals surface area contributed by atoms with Crippen LogP contribution in [0.15, 0.2) is 28.7 Å². The van der Waals surface area contributed by atoms with E-state index in [2.05, 4.69) is 24.1 Å². The number of amides is 1. The Morgan fingerprint density at radius 2 is 2.22 bits per heavy atom. The topological polar surface area (TPSA) is 45.5 Å². The fourth-order valence-electron chi connectivity index (χ4n) is 3.39. The lowest BCUT2D eigenvalue weighted by Gasteiger charge is -2.35. The molecule has 2 heterocycles. The van der Waals surface area contributed by atoms with E-state index in [0.717, 1.165) is 29.8 Å². The molecule has 0 aliphatic carbocycles. The summed E-state index contributed by atoms with van der Waals surface area (Å²) in [5, 5.41) is 4.09. The first-order valence-electron chi connectivity index (χ1n) is 8.55. The Balaban J connectivity index is 1.59. The van der Waals surface area contributed by atoms with Gasteiger partial charge >= 0.3 is 0 Å². The zero-order valence-electron chi connectivity index (χ0n) is 14.3. The quantitative estimate of drug-likeness (QED) is 0.938. The summed E-state index contributed by atoms with van der Waals surface area (Å²) < 4.78 is 5.55. The van der Waals surface area contributed by atoms with Crippen LogP contribution in [0, 0.1) is 12.8 Å². The third kappa shape index (κ3) is 3.75. The third-order valence-corrected chi connectivity index (χ3v) is 4.73. The van der Waals surface area contributed by atoms with Crippen molar-refractivity contribution in [2.75, 3.05) is 19.6 Å². The molecule has 1 aliphatic rings. The third-order valence-electron chi connectivity index (χ3n) is 4.73. The molecule has 1 atom stereocenters. The maximum Gasteiger partial charge on any atom is 0.251 e. The standard InChI is InChI=1S/C19H26N2O2/c1-13(2)21-8-4-5-15(12-21)11-20-19(22)16-6-7-18-17(10-16)9-14(3)23-18/h6-7,9-10,13,15H,4-5,8,11-12H2,1-3H3,(H,20,22)/t15-/m1/s1. The van der Waals surface area contributed by atoms with Gasteiger partial charge in [-0.25, -0.2) is 0 Å². The van der Waals surface area contributed by atoms with Gasteiger partial charge in [0.1, 0.15) is 11.3 Å². The molecule has 1 N–H and O–H groups in total. The fourth-order valence-corrected chi connectivity index (χ4v) is 3.39. The molecule has 23 heavy (non-hydrogen) atoms. The van der Waals surface area contributed by atoms with Gasteiger partial charge in [0.2, 0.25) is 0 Å². The van der Waals surface area contributed by atoms with Gasteiger partial charge in [-0.3, -0.25) is 4.79 Å². The minimum absolute atomic E-state index is 0.00687. The highest BCUT2D eigenvalue weighted by Gasteiger charge is 2.22. The SMILES string of the molecule is Cc1cc2cc(C(=O)NC[C@H]3CCCN(C(C)C)C3)ccc2o1. The van der Waals surface area contributed by atoms with E-state index in [1.54, 1.807) is 0 Å². The minimum Gasteiger partial charge on any atom is -0.461 e. The van der Waals surface area contributed by atoms with Crippen molar-refractivity contribution in [3.8, 4) is 0 Å². The maximum atomic E-state index is 12.4. The monoisotopic (exact) mass is 314 g/mol. The molecule has 0 spiro atoms. The number of rotatable bonds is 4. The van der Waals surface area contributed by atoms with Crippen molar-refractivity contribution < 1.29 is 9.21 Å². The zero-order chi connectivity index (χ0) is 16.4. The second-order valence-electron chi connectivity index (χ2n) is 6.92. The molecular formula is C19H26N2O2. The first-order valence-corrected chi connectivity index (χ1v) is 8.55. The van der Waals surface area contributed by atoms with Crippen LogP contribution in [0.4, 0.5) is 0 Å². The molecule has 1 saturated heterocycles. The van der Waals surface area contributed by atoms with Crippen LogP contribution in [0.3, 0.4) is 0 Å². The summed E-state index contributed by atoms with van der Waals surface area (Å²) in [6.45, 7) is 9.41. The maximum absolute atomic E-state index is 12.4. The van der Waals surface area contributed by atoms with Crippen molar-refractivity contribution in [3.05, 3.63) is 35.6 Å². The summed E-state index contributed by atoms with van der Waals surface area (Å²) in [6, 6.07) is 8.16. The molecule has 1 aromatic carbocycles. The molecule has 1 aliphatic heterocycles. The Labute approximate surface area is 137 Å². The number of carbonyl (C=O) groups excluding carboxylic acids is 1. The van der Waals surface area contributed by atoms with Crippen LogP contribution < -0.4 is 5.32 Å². The summed E-state index contributed by atoms with van der Waals surface area (Å²) in [7, 11) is 0. The number of hydrogen-bond acceptors (Lipinski definition) is 3. The van der Waals surface area contributed by atoms with Crippen LogP contribution in [-0.4, -0.2) is 36.5 Å². The second-order valence-corrected chi connectivity index (χ2v) is 6.92. The van der Waals surface area contributed by atoms with Crippen molar-refractivity contribution in [2.45, 2.75) is 39.7 Å². The molecule has 4 heteroatoms. The first-order chi connectivity index (χ1) is 11.0. The van der Waals surface area contributed by atoms with Crippen molar-refractivity contribution in [3.63, 3.8) is 0 Å². The normalized spacial score (nSPS) is 19.4. The minimum atomic E-state index is 0.00687. The van der Waals surface area contributed by atoms with Crippen molar-refractivity contribution in [2.24, 2.45) is 5.92 Å². The molecule has 0 saturated carbocycles. The van der Waals surface area contributed by atoms with Crippen LogP contribution in [0.5, 0.6) is 0 Å². The van der Waals surface area contributed by atoms with Crippen molar-refractivity contribution in [1.29, 1.82) is 0 Å². The van der Waals surface area contributed by atoms with E-state index in [4.69, 9.17) is 4.42 Å². The van der Waals surface area contributed by atoms with E-state index in [9.17, 15) is 4.79 Å². The molecular weight excluding hydrogens is 288 g/mol. The Bertz CT molecular complexity index is 690. The number of nitrogens with zero attached hydrogens (tertiary/aromatic N) is 1. The van der Waals surface area contributed by atoms with Crippen LogP contribution in [-0.2, 0) is 0 Å².